The summed E-state index contributed by atoms with van der Waals surface area (Å²) < 4.78 is 52.0. The van der Waals surface area contributed by atoms with Crippen LogP contribution in [-0.4, -0.2) is 53.8 Å². The molecule has 188 valence electrons. The lowest BCUT2D eigenvalue weighted by Crippen LogP contribution is -2.30. The second-order valence-corrected chi connectivity index (χ2v) is 10.6. The van der Waals surface area contributed by atoms with Gasteiger partial charge in [0.2, 0.25) is 5.91 Å². The SMILES string of the molecule is CC(=O)Nc1ccn([C@H]2C[C@H](OON)[C@@H](COP(=O)(O)OP(=O)(O)OP(=O)(O)O)O2)c(=O)n1. The van der Waals surface area contributed by atoms with E-state index in [-0.39, 0.29) is 12.2 Å². The molecule has 0 aromatic carbocycles. The van der Waals surface area contributed by atoms with E-state index < -0.39 is 60.1 Å². The molecule has 5 atom stereocenters. The van der Waals surface area contributed by atoms with Crippen LogP contribution in [0.4, 0.5) is 5.82 Å². The molecule has 22 heteroatoms. The predicted molar refractivity (Wildman–Crippen MR) is 101 cm³/mol. The Labute approximate surface area is 183 Å². The number of carbonyl (C=O) groups is 1. The Morgan fingerprint density at radius 2 is 1.94 bits per heavy atom. The van der Waals surface area contributed by atoms with Gasteiger partial charge >= 0.3 is 29.2 Å². The first-order valence-corrected chi connectivity index (χ1v) is 13.0. The number of carbonyl (C=O) groups excluding carboxylic acids is 1. The summed E-state index contributed by atoms with van der Waals surface area (Å²) in [6.45, 7) is 0.338. The van der Waals surface area contributed by atoms with Crippen LogP contribution < -0.4 is 16.9 Å². The second-order valence-electron chi connectivity index (χ2n) is 6.17. The molecule has 0 spiro atoms. The van der Waals surface area contributed by atoms with Crippen LogP contribution in [0.15, 0.2) is 17.1 Å². The van der Waals surface area contributed by atoms with Crippen molar-refractivity contribution in [3.05, 3.63) is 22.7 Å². The first kappa shape index (κ1) is 27.8. The Hall–Kier alpha value is -1.40. The van der Waals surface area contributed by atoms with Crippen molar-refractivity contribution in [2.45, 2.75) is 31.8 Å². The van der Waals surface area contributed by atoms with Gasteiger partial charge in [-0.3, -0.25) is 13.9 Å². The zero-order chi connectivity index (χ0) is 25.0. The summed E-state index contributed by atoms with van der Waals surface area (Å²) in [5, 5.41) is 2.31. The minimum absolute atomic E-state index is 0.0240. The molecule has 2 heterocycles. The molecule has 1 aromatic rings. The topological polar surface area (TPSA) is 278 Å². The van der Waals surface area contributed by atoms with Gasteiger partial charge in [0.1, 0.15) is 24.3 Å². The van der Waals surface area contributed by atoms with Crippen LogP contribution in [0.1, 0.15) is 19.6 Å². The van der Waals surface area contributed by atoms with E-state index in [0.29, 0.717) is 0 Å². The molecule has 0 aliphatic carbocycles. The van der Waals surface area contributed by atoms with Gasteiger partial charge in [-0.05, 0) is 6.07 Å². The van der Waals surface area contributed by atoms with Crippen molar-refractivity contribution in [2.24, 2.45) is 5.90 Å². The van der Waals surface area contributed by atoms with Gasteiger partial charge in [-0.2, -0.15) is 19.5 Å². The molecule has 1 amide bonds. The average molecular weight is 540 g/mol. The number of rotatable bonds is 11. The van der Waals surface area contributed by atoms with Crippen molar-refractivity contribution in [1.82, 2.24) is 9.55 Å². The molecule has 19 nitrogen and oxygen atoms in total. The van der Waals surface area contributed by atoms with Crippen LogP contribution in [0.2, 0.25) is 0 Å². The number of phosphoric acid groups is 3. The first-order chi connectivity index (χ1) is 15.1. The van der Waals surface area contributed by atoms with Crippen molar-refractivity contribution < 1.29 is 65.8 Å². The van der Waals surface area contributed by atoms with Crippen molar-refractivity contribution in [3.8, 4) is 0 Å². The van der Waals surface area contributed by atoms with Gasteiger partial charge in [0.05, 0.1) is 6.61 Å². The molecular formula is C11H19N4O15P3. The quantitative estimate of drug-likeness (QED) is 0.112. The molecule has 33 heavy (non-hydrogen) atoms. The van der Waals surface area contributed by atoms with Gasteiger partial charge in [-0.1, -0.05) is 0 Å². The van der Waals surface area contributed by atoms with E-state index in [0.717, 1.165) is 4.57 Å². The number of ether oxygens (including phenoxy) is 1. The number of amides is 1. The van der Waals surface area contributed by atoms with E-state index in [1.165, 1.54) is 19.2 Å². The minimum atomic E-state index is -5.71. The van der Waals surface area contributed by atoms with E-state index >= 15 is 0 Å². The average Bonchev–Trinajstić information content (AvgIpc) is 2.99. The molecule has 2 unspecified atom stereocenters. The third-order valence-corrected chi connectivity index (χ3v) is 7.42. The number of hydrogen-bond donors (Lipinski definition) is 6. The normalized spacial score (nSPS) is 24.7. The molecule has 1 aromatic heterocycles. The predicted octanol–water partition coefficient (Wildman–Crippen LogP) is -0.977. The molecule has 1 fully saturated rings. The molecular weight excluding hydrogens is 521 g/mol. The van der Waals surface area contributed by atoms with Crippen LogP contribution >= 0.6 is 23.5 Å². The third-order valence-electron chi connectivity index (χ3n) is 3.62. The van der Waals surface area contributed by atoms with Gasteiger partial charge in [0, 0.05) is 19.5 Å². The number of nitrogens with two attached hydrogens (primary N) is 1. The first-order valence-electron chi connectivity index (χ1n) is 8.43. The summed E-state index contributed by atoms with van der Waals surface area (Å²) in [7, 11) is -16.7. The lowest BCUT2D eigenvalue weighted by Gasteiger charge is -2.20. The van der Waals surface area contributed by atoms with E-state index in [4.69, 9.17) is 30.2 Å². The van der Waals surface area contributed by atoms with Crippen molar-refractivity contribution in [2.75, 3.05) is 11.9 Å². The van der Waals surface area contributed by atoms with E-state index in [2.05, 4.69) is 28.4 Å². The number of phosphoric ester groups is 1. The highest BCUT2D eigenvalue weighted by Crippen LogP contribution is 2.66. The molecule has 0 saturated carbocycles. The highest BCUT2D eigenvalue weighted by Gasteiger charge is 2.44. The lowest BCUT2D eigenvalue weighted by molar-refractivity contribution is -0.335. The number of aromatic nitrogens is 2. The smallest absolute Gasteiger partial charge is 0.349 e. The number of nitrogens with zero attached hydrogens (tertiary/aromatic N) is 2. The van der Waals surface area contributed by atoms with Gasteiger partial charge in [0.25, 0.3) is 0 Å². The summed E-state index contributed by atoms with van der Waals surface area (Å²) in [5.74, 6) is 4.36. The van der Waals surface area contributed by atoms with Crippen molar-refractivity contribution in [3.63, 3.8) is 0 Å². The van der Waals surface area contributed by atoms with Gasteiger partial charge < -0.3 is 29.6 Å². The maximum atomic E-state index is 12.2. The van der Waals surface area contributed by atoms with E-state index in [1.54, 1.807) is 0 Å². The summed E-state index contributed by atoms with van der Waals surface area (Å²) in [4.78, 5) is 71.5. The van der Waals surface area contributed by atoms with Crippen LogP contribution in [0.3, 0.4) is 0 Å². The summed E-state index contributed by atoms with van der Waals surface area (Å²) in [6, 6.07) is 1.29. The van der Waals surface area contributed by atoms with Crippen LogP contribution in [0.5, 0.6) is 0 Å². The highest BCUT2D eigenvalue weighted by atomic mass is 31.3. The maximum Gasteiger partial charge on any atom is 0.490 e. The zero-order valence-corrected chi connectivity index (χ0v) is 19.1. The fourth-order valence-corrected chi connectivity index (χ4v) is 5.58. The molecule has 1 aliphatic heterocycles. The fourth-order valence-electron chi connectivity index (χ4n) is 2.55. The number of anilines is 1. The largest absolute Gasteiger partial charge is 0.490 e. The van der Waals surface area contributed by atoms with Crippen LogP contribution in [0.25, 0.3) is 0 Å². The van der Waals surface area contributed by atoms with Crippen LogP contribution in [0, 0.1) is 0 Å². The van der Waals surface area contributed by atoms with Crippen molar-refractivity contribution in [1.29, 1.82) is 0 Å². The van der Waals surface area contributed by atoms with E-state index in [9.17, 15) is 28.2 Å². The monoisotopic (exact) mass is 540 g/mol. The van der Waals surface area contributed by atoms with E-state index in [1.807, 2.05) is 0 Å². The second kappa shape index (κ2) is 10.9. The summed E-state index contributed by atoms with van der Waals surface area (Å²) in [6.07, 6.45) is -2.34. The molecule has 2 rings (SSSR count). The standard InChI is InChI=1S/C11H19N4O15P3/c1-6(16)13-9-2-3-15(11(17)14-9)10-4-7(27-28-12)8(26-10)5-25-32(21,22)30-33(23,24)29-31(18,19)20/h2-3,7-8,10H,4-5,12H2,1H3,(H,21,22)(H,23,24)(H2,18,19,20)(H,13,14,16,17)/t7-,8+,10+/m0/s1. The van der Waals surface area contributed by atoms with Crippen LogP contribution in [-0.2, 0) is 46.2 Å². The van der Waals surface area contributed by atoms with Gasteiger partial charge in [-0.15, -0.1) is 4.99 Å². The third kappa shape index (κ3) is 9.05. The highest BCUT2D eigenvalue weighted by molar-refractivity contribution is 7.66. The summed E-state index contributed by atoms with van der Waals surface area (Å²) in [5.41, 5.74) is -0.841. The Balaban J connectivity index is 2.08. The molecule has 0 bridgehead atoms. The Bertz CT molecular complexity index is 1060. The number of hydrogen-bond acceptors (Lipinski definition) is 13. The maximum absolute atomic E-state index is 12.2. The summed E-state index contributed by atoms with van der Waals surface area (Å²) >= 11 is 0. The van der Waals surface area contributed by atoms with Gasteiger partial charge in [-0.25, -0.2) is 23.4 Å². The Morgan fingerprint density at radius 1 is 1.27 bits per heavy atom. The van der Waals surface area contributed by atoms with Crippen molar-refractivity contribution >= 4 is 35.2 Å². The Morgan fingerprint density at radius 3 is 2.48 bits per heavy atom. The fraction of sp³-hybridized carbons (Fsp3) is 0.545. The molecule has 1 aliphatic rings. The molecule has 7 N–H and O–H groups in total. The lowest BCUT2D eigenvalue weighted by atomic mass is 10.2. The van der Waals surface area contributed by atoms with Gasteiger partial charge in [0.15, 0.2) is 0 Å². The molecule has 0 radical (unpaired) electrons. The zero-order valence-electron chi connectivity index (χ0n) is 16.4. The number of nitrogens with one attached hydrogen (secondary N) is 1. The Kier molecular flexibility index (Phi) is 9.19. The molecule has 1 saturated heterocycles. The minimum Gasteiger partial charge on any atom is -0.349 e.